The maximum absolute atomic E-state index is 12.3. The second-order valence-electron chi connectivity index (χ2n) is 9.03. The Bertz CT molecular complexity index is 417. The Morgan fingerprint density at radius 2 is 1.19 bits per heavy atom. The number of hydrogen-bond acceptors (Lipinski definition) is 4. The van der Waals surface area contributed by atoms with Crippen molar-refractivity contribution < 1.29 is 19.1 Å². The fourth-order valence-corrected chi connectivity index (χ4v) is 3.69. The summed E-state index contributed by atoms with van der Waals surface area (Å²) >= 11 is 0. The van der Waals surface area contributed by atoms with Gasteiger partial charge in [-0.05, 0) is 50.4 Å². The molecule has 0 bridgehead atoms. The lowest BCUT2D eigenvalue weighted by atomic mass is 9.81. The van der Waals surface area contributed by atoms with Gasteiger partial charge in [0.05, 0.1) is 25.0 Å². The van der Waals surface area contributed by atoms with E-state index in [0.29, 0.717) is 25.6 Å². The fourth-order valence-electron chi connectivity index (χ4n) is 3.69. The third-order valence-corrected chi connectivity index (χ3v) is 5.43. The Hall–Kier alpha value is -1.06. The van der Waals surface area contributed by atoms with Crippen LogP contribution >= 0.6 is 0 Å². The van der Waals surface area contributed by atoms with Gasteiger partial charge in [0.25, 0.3) is 0 Å². The number of unbranched alkanes of at least 4 members (excludes halogenated alkanes) is 3. The summed E-state index contributed by atoms with van der Waals surface area (Å²) in [6.45, 7) is 9.90. The molecular formula is C23H42O4. The molecule has 0 aromatic carbocycles. The van der Waals surface area contributed by atoms with Crippen molar-refractivity contribution in [2.45, 2.75) is 98.3 Å². The monoisotopic (exact) mass is 382 g/mol. The zero-order chi connectivity index (χ0) is 20.1. The van der Waals surface area contributed by atoms with Crippen molar-refractivity contribution in [1.82, 2.24) is 0 Å². The molecule has 0 N–H and O–H groups in total. The first-order chi connectivity index (χ1) is 12.9. The van der Waals surface area contributed by atoms with Gasteiger partial charge in [0.1, 0.15) is 0 Å². The minimum atomic E-state index is -0.132. The average molecular weight is 383 g/mol. The Kier molecular flexibility index (Phi) is 12.4. The minimum Gasteiger partial charge on any atom is -0.465 e. The second-order valence-corrected chi connectivity index (χ2v) is 9.03. The van der Waals surface area contributed by atoms with Crippen LogP contribution in [0.3, 0.4) is 0 Å². The summed E-state index contributed by atoms with van der Waals surface area (Å²) in [6, 6.07) is 0. The van der Waals surface area contributed by atoms with E-state index < -0.39 is 0 Å². The number of carbonyl (C=O) groups excluding carboxylic acids is 2. The molecule has 1 aliphatic carbocycles. The molecule has 0 aromatic heterocycles. The van der Waals surface area contributed by atoms with E-state index in [1.807, 2.05) is 0 Å². The van der Waals surface area contributed by atoms with Crippen LogP contribution in [0.2, 0.25) is 0 Å². The van der Waals surface area contributed by atoms with E-state index in [1.54, 1.807) is 0 Å². The second kappa shape index (κ2) is 14.0. The van der Waals surface area contributed by atoms with Crippen LogP contribution in [0.1, 0.15) is 98.3 Å². The van der Waals surface area contributed by atoms with Crippen molar-refractivity contribution in [3.8, 4) is 0 Å². The summed E-state index contributed by atoms with van der Waals surface area (Å²) in [5.74, 6) is 0.932. The normalized spacial score (nSPS) is 20.1. The van der Waals surface area contributed by atoms with Gasteiger partial charge in [0, 0.05) is 0 Å². The third kappa shape index (κ3) is 11.4. The summed E-state index contributed by atoms with van der Waals surface area (Å²) in [7, 11) is 0. The Labute approximate surface area is 166 Å². The Morgan fingerprint density at radius 1 is 0.741 bits per heavy atom. The van der Waals surface area contributed by atoms with Crippen LogP contribution < -0.4 is 0 Å². The number of ether oxygens (including phenoxy) is 2. The molecule has 158 valence electrons. The molecule has 27 heavy (non-hydrogen) atoms. The largest absolute Gasteiger partial charge is 0.465 e. The lowest BCUT2D eigenvalue weighted by Gasteiger charge is -2.26. The van der Waals surface area contributed by atoms with Gasteiger partial charge in [-0.25, -0.2) is 0 Å². The van der Waals surface area contributed by atoms with Crippen LogP contribution in [0.4, 0.5) is 0 Å². The number of esters is 2. The lowest BCUT2D eigenvalue weighted by Crippen LogP contribution is -2.30. The Morgan fingerprint density at radius 3 is 1.67 bits per heavy atom. The summed E-state index contributed by atoms with van der Waals surface area (Å²) in [4.78, 5) is 24.6. The van der Waals surface area contributed by atoms with Crippen molar-refractivity contribution in [2.24, 2.45) is 23.7 Å². The molecule has 0 spiro atoms. The highest BCUT2D eigenvalue weighted by Gasteiger charge is 2.32. The molecule has 4 heteroatoms. The predicted octanol–water partition coefficient (Wildman–Crippen LogP) is 5.92. The molecule has 0 saturated heterocycles. The minimum absolute atomic E-state index is 0.117. The first-order valence-corrected chi connectivity index (χ1v) is 11.2. The molecule has 1 aliphatic rings. The van der Waals surface area contributed by atoms with Crippen molar-refractivity contribution in [3.05, 3.63) is 0 Å². The molecule has 2 unspecified atom stereocenters. The number of rotatable bonds is 13. The number of hydrogen-bond donors (Lipinski definition) is 0. The molecule has 2 atom stereocenters. The predicted molar refractivity (Wildman–Crippen MR) is 109 cm³/mol. The molecule has 1 fully saturated rings. The molecule has 0 aliphatic heterocycles. The zero-order valence-electron chi connectivity index (χ0n) is 18.1. The van der Waals surface area contributed by atoms with Crippen LogP contribution in [-0.4, -0.2) is 25.2 Å². The van der Waals surface area contributed by atoms with Gasteiger partial charge in [0.15, 0.2) is 0 Å². The highest BCUT2D eigenvalue weighted by atomic mass is 16.5. The van der Waals surface area contributed by atoms with Crippen molar-refractivity contribution in [2.75, 3.05) is 13.2 Å². The molecule has 0 aromatic rings. The highest BCUT2D eigenvalue weighted by Crippen LogP contribution is 2.31. The maximum Gasteiger partial charge on any atom is 0.308 e. The van der Waals surface area contributed by atoms with E-state index >= 15 is 0 Å². The van der Waals surface area contributed by atoms with Gasteiger partial charge in [-0.15, -0.1) is 0 Å². The molecule has 0 radical (unpaired) electrons. The first kappa shape index (κ1) is 24.0. The van der Waals surface area contributed by atoms with Gasteiger partial charge < -0.3 is 9.47 Å². The zero-order valence-corrected chi connectivity index (χ0v) is 18.1. The molecule has 0 amide bonds. The smallest absolute Gasteiger partial charge is 0.308 e. The quantitative estimate of drug-likeness (QED) is 0.293. The summed E-state index contributed by atoms with van der Waals surface area (Å²) in [6.07, 6.45) is 10.9. The highest BCUT2D eigenvalue weighted by molar-refractivity contribution is 5.76. The van der Waals surface area contributed by atoms with Crippen molar-refractivity contribution in [1.29, 1.82) is 0 Å². The van der Waals surface area contributed by atoms with E-state index in [1.165, 1.54) is 19.3 Å². The van der Waals surface area contributed by atoms with E-state index in [-0.39, 0.29) is 23.8 Å². The molecule has 0 heterocycles. The van der Waals surface area contributed by atoms with E-state index in [9.17, 15) is 9.59 Å². The SMILES string of the molecule is CC(C)CCCCCOC(=O)C1CCCC(C(=O)OCCCCC(C)C)C1. The van der Waals surface area contributed by atoms with Crippen LogP contribution in [0.25, 0.3) is 0 Å². The third-order valence-electron chi connectivity index (χ3n) is 5.43. The molecular weight excluding hydrogens is 340 g/mol. The Balaban J connectivity index is 2.18. The summed E-state index contributed by atoms with van der Waals surface area (Å²) < 4.78 is 10.9. The van der Waals surface area contributed by atoms with Crippen LogP contribution in [0, 0.1) is 23.7 Å². The van der Waals surface area contributed by atoms with Crippen LogP contribution in [0.5, 0.6) is 0 Å². The standard InChI is InChI=1S/C23H42O4/c1-18(2)11-6-5-8-15-26-22(24)20-13-10-14-21(17-20)23(25)27-16-9-7-12-19(3)4/h18-21H,5-17H2,1-4H3. The summed E-state index contributed by atoms with van der Waals surface area (Å²) in [5.41, 5.74) is 0. The van der Waals surface area contributed by atoms with Gasteiger partial charge in [-0.1, -0.05) is 59.8 Å². The van der Waals surface area contributed by atoms with Gasteiger partial charge in [-0.3, -0.25) is 9.59 Å². The van der Waals surface area contributed by atoms with Crippen molar-refractivity contribution in [3.63, 3.8) is 0 Å². The van der Waals surface area contributed by atoms with Crippen LogP contribution in [-0.2, 0) is 19.1 Å². The van der Waals surface area contributed by atoms with Crippen molar-refractivity contribution >= 4 is 11.9 Å². The van der Waals surface area contributed by atoms with Gasteiger partial charge in [0.2, 0.25) is 0 Å². The van der Waals surface area contributed by atoms with Crippen LogP contribution in [0.15, 0.2) is 0 Å². The van der Waals surface area contributed by atoms with E-state index in [4.69, 9.17) is 9.47 Å². The maximum atomic E-state index is 12.3. The van der Waals surface area contributed by atoms with Gasteiger partial charge >= 0.3 is 11.9 Å². The van der Waals surface area contributed by atoms with E-state index in [0.717, 1.165) is 50.9 Å². The average Bonchev–Trinajstić information content (AvgIpc) is 2.63. The van der Waals surface area contributed by atoms with Gasteiger partial charge in [-0.2, -0.15) is 0 Å². The molecule has 1 saturated carbocycles. The topological polar surface area (TPSA) is 52.6 Å². The molecule has 1 rings (SSSR count). The molecule has 4 nitrogen and oxygen atoms in total. The fraction of sp³-hybridized carbons (Fsp3) is 0.913. The number of carbonyl (C=O) groups is 2. The first-order valence-electron chi connectivity index (χ1n) is 11.2. The van der Waals surface area contributed by atoms with E-state index in [2.05, 4.69) is 27.7 Å². The summed E-state index contributed by atoms with van der Waals surface area (Å²) in [5, 5.41) is 0. The lowest BCUT2D eigenvalue weighted by molar-refractivity contribution is -0.155.